The Hall–Kier alpha value is -4.57. The molecule has 0 aliphatic carbocycles. The molecule has 48 heavy (non-hydrogen) atoms. The minimum Gasteiger partial charge on any atom is -0.481 e. The summed E-state index contributed by atoms with van der Waals surface area (Å²) < 4.78 is 0. The van der Waals surface area contributed by atoms with Crippen molar-refractivity contribution < 1.29 is 43.8 Å². The SMILES string of the molecule is CC(C)C[C@H](NC(=O)[C@@H](N)CC(=O)O)C(=O)NC(C)(C)C(=O)N[C@@H](C)C(=O)N[C@@H](Cc1ccccc1)C(=O)N[C@@H](CCCCN)C(=O)O. The summed E-state index contributed by atoms with van der Waals surface area (Å²) in [5.74, 6) is -6.38. The molecule has 5 atom stereocenters. The van der Waals surface area contributed by atoms with E-state index >= 15 is 0 Å². The lowest BCUT2D eigenvalue weighted by Crippen LogP contribution is -2.62. The van der Waals surface area contributed by atoms with E-state index in [1.54, 1.807) is 44.2 Å². The Morgan fingerprint density at radius 1 is 0.771 bits per heavy atom. The first-order valence-electron chi connectivity index (χ1n) is 15.9. The topological polar surface area (TPSA) is 272 Å². The lowest BCUT2D eigenvalue weighted by atomic mass is 9.99. The molecule has 0 aromatic heterocycles. The number of carboxylic acids is 2. The third kappa shape index (κ3) is 14.9. The molecule has 16 nitrogen and oxygen atoms in total. The van der Waals surface area contributed by atoms with Gasteiger partial charge in [-0.25, -0.2) is 4.79 Å². The molecular weight excluding hydrogens is 626 g/mol. The molecule has 0 radical (unpaired) electrons. The smallest absolute Gasteiger partial charge is 0.326 e. The number of carbonyl (C=O) groups is 7. The van der Waals surface area contributed by atoms with E-state index < -0.39 is 83.6 Å². The van der Waals surface area contributed by atoms with Gasteiger partial charge in [0, 0.05) is 6.42 Å². The molecule has 0 bridgehead atoms. The Bertz CT molecular complexity index is 1270. The standard InChI is InChI=1S/C32H51N7O9/c1-18(2)15-23(38-27(43)21(34)17-25(40)41)29(45)39-32(4,5)31(48)35-19(3)26(42)37-24(16-20-11-7-6-8-12-20)28(44)36-22(30(46)47)13-9-10-14-33/h6-8,11-12,18-19,21-24H,9-10,13-17,33-34H2,1-5H3,(H,35,48)(H,36,44)(H,37,42)(H,38,43)(H,39,45)(H,40,41)(H,46,47)/t19-,21-,22-,23-,24-/m0/s1. The second-order valence-corrected chi connectivity index (χ2v) is 12.6. The monoisotopic (exact) mass is 677 g/mol. The first-order chi connectivity index (χ1) is 22.4. The van der Waals surface area contributed by atoms with Crippen molar-refractivity contribution in [1.82, 2.24) is 26.6 Å². The Labute approximate surface area is 280 Å². The number of carboxylic acid groups (broad SMARTS) is 2. The summed E-state index contributed by atoms with van der Waals surface area (Å²) in [5, 5.41) is 31.1. The van der Waals surface area contributed by atoms with Crippen LogP contribution in [-0.2, 0) is 40.0 Å². The highest BCUT2D eigenvalue weighted by atomic mass is 16.4. The van der Waals surface area contributed by atoms with E-state index in [1.807, 2.05) is 0 Å². The minimum absolute atomic E-state index is 0.0366. The number of hydrogen-bond acceptors (Lipinski definition) is 9. The van der Waals surface area contributed by atoms with Gasteiger partial charge < -0.3 is 48.3 Å². The highest BCUT2D eigenvalue weighted by Gasteiger charge is 2.36. The molecule has 0 aliphatic rings. The molecule has 1 aromatic carbocycles. The third-order valence-electron chi connectivity index (χ3n) is 7.29. The van der Waals surface area contributed by atoms with E-state index in [0.29, 0.717) is 24.9 Å². The summed E-state index contributed by atoms with van der Waals surface area (Å²) in [6.45, 7) is 8.12. The van der Waals surface area contributed by atoms with E-state index in [2.05, 4.69) is 26.6 Å². The quantitative estimate of drug-likeness (QED) is 0.0723. The number of carbonyl (C=O) groups excluding carboxylic acids is 5. The largest absolute Gasteiger partial charge is 0.481 e. The van der Waals surface area contributed by atoms with Crippen LogP contribution in [0.4, 0.5) is 0 Å². The summed E-state index contributed by atoms with van der Waals surface area (Å²) in [4.78, 5) is 88.1. The van der Waals surface area contributed by atoms with Gasteiger partial charge >= 0.3 is 11.9 Å². The lowest BCUT2D eigenvalue weighted by Gasteiger charge is -2.30. The zero-order valence-corrected chi connectivity index (χ0v) is 28.2. The van der Waals surface area contributed by atoms with Gasteiger partial charge in [-0.15, -0.1) is 0 Å². The number of hydrogen-bond donors (Lipinski definition) is 9. The number of unbranched alkanes of at least 4 members (excludes halogenated alkanes) is 1. The van der Waals surface area contributed by atoms with Crippen LogP contribution >= 0.6 is 0 Å². The van der Waals surface area contributed by atoms with Gasteiger partial charge in [-0.1, -0.05) is 44.2 Å². The van der Waals surface area contributed by atoms with Crippen molar-refractivity contribution in [3.05, 3.63) is 35.9 Å². The van der Waals surface area contributed by atoms with Crippen molar-refractivity contribution in [2.24, 2.45) is 17.4 Å². The summed E-state index contributed by atoms with van der Waals surface area (Å²) in [7, 11) is 0. The number of nitrogens with one attached hydrogen (secondary N) is 5. The van der Waals surface area contributed by atoms with Gasteiger partial charge in [-0.05, 0) is 64.5 Å². The number of rotatable bonds is 21. The molecule has 1 rings (SSSR count). The molecule has 0 heterocycles. The molecule has 0 unspecified atom stereocenters. The summed E-state index contributed by atoms with van der Waals surface area (Å²) >= 11 is 0. The summed E-state index contributed by atoms with van der Waals surface area (Å²) in [6, 6.07) is 2.67. The first-order valence-corrected chi connectivity index (χ1v) is 15.9. The van der Waals surface area contributed by atoms with Gasteiger partial charge in [0.2, 0.25) is 29.5 Å². The fourth-order valence-corrected chi connectivity index (χ4v) is 4.54. The zero-order chi connectivity index (χ0) is 36.6. The van der Waals surface area contributed by atoms with Crippen LogP contribution in [0.3, 0.4) is 0 Å². The molecule has 268 valence electrons. The molecule has 0 saturated carbocycles. The summed E-state index contributed by atoms with van der Waals surface area (Å²) in [6.07, 6.45) is 0.754. The Morgan fingerprint density at radius 3 is 1.90 bits per heavy atom. The first kappa shape index (κ1) is 41.5. The minimum atomic E-state index is -1.59. The zero-order valence-electron chi connectivity index (χ0n) is 28.2. The van der Waals surface area contributed by atoms with Crippen molar-refractivity contribution >= 4 is 41.5 Å². The maximum Gasteiger partial charge on any atom is 0.326 e. The Balaban J connectivity index is 3.02. The molecule has 0 aliphatic heterocycles. The van der Waals surface area contributed by atoms with Crippen LogP contribution in [0, 0.1) is 5.92 Å². The van der Waals surface area contributed by atoms with E-state index in [1.165, 1.54) is 20.8 Å². The highest BCUT2D eigenvalue weighted by Crippen LogP contribution is 2.11. The fourth-order valence-electron chi connectivity index (χ4n) is 4.54. The van der Waals surface area contributed by atoms with Crippen molar-refractivity contribution in [3.8, 4) is 0 Å². The second kappa shape index (κ2) is 19.9. The van der Waals surface area contributed by atoms with Crippen LogP contribution in [0.25, 0.3) is 0 Å². The van der Waals surface area contributed by atoms with Crippen LogP contribution < -0.4 is 38.1 Å². The number of aliphatic carboxylic acids is 2. The Kier molecular flexibility index (Phi) is 17.2. The van der Waals surface area contributed by atoms with Crippen LogP contribution in [0.15, 0.2) is 30.3 Å². The average Bonchev–Trinajstić information content (AvgIpc) is 2.99. The molecule has 5 amide bonds. The van der Waals surface area contributed by atoms with Crippen molar-refractivity contribution in [2.45, 2.75) is 109 Å². The normalized spacial score (nSPS) is 14.4. The van der Waals surface area contributed by atoms with E-state index in [9.17, 15) is 38.7 Å². The third-order valence-corrected chi connectivity index (χ3v) is 7.29. The molecule has 0 saturated heterocycles. The molecule has 0 fully saturated rings. The Morgan fingerprint density at radius 2 is 1.35 bits per heavy atom. The van der Waals surface area contributed by atoms with Gasteiger partial charge in [0.05, 0.1) is 12.5 Å². The van der Waals surface area contributed by atoms with E-state index in [4.69, 9.17) is 16.6 Å². The molecular formula is C32H51N7O9. The molecule has 16 heteroatoms. The van der Waals surface area contributed by atoms with Gasteiger partial charge in [-0.2, -0.15) is 0 Å². The number of nitrogens with two attached hydrogens (primary N) is 2. The van der Waals surface area contributed by atoms with Gasteiger partial charge in [0.15, 0.2) is 0 Å². The predicted octanol–water partition coefficient (Wildman–Crippen LogP) is -0.855. The molecule has 11 N–H and O–H groups in total. The number of benzene rings is 1. The maximum atomic E-state index is 13.3. The average molecular weight is 678 g/mol. The maximum absolute atomic E-state index is 13.3. The van der Waals surface area contributed by atoms with Crippen LogP contribution in [0.5, 0.6) is 0 Å². The van der Waals surface area contributed by atoms with Gasteiger partial charge in [-0.3, -0.25) is 28.8 Å². The van der Waals surface area contributed by atoms with E-state index in [0.717, 1.165) is 0 Å². The lowest BCUT2D eigenvalue weighted by molar-refractivity contribution is -0.142. The van der Waals surface area contributed by atoms with Crippen molar-refractivity contribution in [2.75, 3.05) is 6.54 Å². The van der Waals surface area contributed by atoms with E-state index in [-0.39, 0.29) is 25.2 Å². The van der Waals surface area contributed by atoms with Crippen molar-refractivity contribution in [3.63, 3.8) is 0 Å². The van der Waals surface area contributed by atoms with Crippen LogP contribution in [0.2, 0.25) is 0 Å². The predicted molar refractivity (Wildman–Crippen MR) is 176 cm³/mol. The number of amides is 5. The van der Waals surface area contributed by atoms with Crippen LogP contribution in [-0.4, -0.2) is 94.0 Å². The molecule has 0 spiro atoms. The fraction of sp³-hybridized carbons (Fsp3) is 0.594. The summed E-state index contributed by atoms with van der Waals surface area (Å²) in [5.41, 5.74) is 10.2. The van der Waals surface area contributed by atoms with Gasteiger partial charge in [0.1, 0.15) is 29.7 Å². The second-order valence-electron chi connectivity index (χ2n) is 12.6. The molecule has 1 aromatic rings. The van der Waals surface area contributed by atoms with Crippen molar-refractivity contribution in [1.29, 1.82) is 0 Å². The van der Waals surface area contributed by atoms with Crippen LogP contribution in [0.1, 0.15) is 72.3 Å². The van der Waals surface area contributed by atoms with Gasteiger partial charge in [0.25, 0.3) is 0 Å². The highest BCUT2D eigenvalue weighted by molar-refractivity contribution is 5.98.